The molecule has 0 aromatic carbocycles. The van der Waals surface area contributed by atoms with Crippen LogP contribution in [0.4, 0.5) is 0 Å². The van der Waals surface area contributed by atoms with Crippen molar-refractivity contribution < 1.29 is 8.85 Å². The summed E-state index contributed by atoms with van der Waals surface area (Å²) < 4.78 is 12.1. The van der Waals surface area contributed by atoms with Crippen molar-refractivity contribution in [2.45, 2.75) is 77.8 Å². The van der Waals surface area contributed by atoms with E-state index in [2.05, 4.69) is 40.0 Å². The highest BCUT2D eigenvalue weighted by molar-refractivity contribution is 6.84. The van der Waals surface area contributed by atoms with Crippen molar-refractivity contribution in [3.63, 3.8) is 0 Å². The summed E-state index contributed by atoms with van der Waals surface area (Å²) in [5.41, 5.74) is 0. The van der Waals surface area contributed by atoms with E-state index in [-0.39, 0.29) is 0 Å². The van der Waals surface area contributed by atoms with Gasteiger partial charge in [0.25, 0.3) is 0 Å². The number of rotatable bonds is 11. The van der Waals surface area contributed by atoms with Crippen LogP contribution in [0.1, 0.15) is 39.5 Å². The lowest BCUT2D eigenvalue weighted by atomic mass is 10.4. The lowest BCUT2D eigenvalue weighted by Crippen LogP contribution is -2.44. The number of unbranched alkanes of at least 4 members (excludes halogenated alkanes) is 1. The molecule has 2 nitrogen and oxygen atoms in total. The molecule has 0 aliphatic rings. The van der Waals surface area contributed by atoms with Gasteiger partial charge >= 0.3 is 0 Å². The van der Waals surface area contributed by atoms with Gasteiger partial charge in [-0.15, -0.1) is 0 Å². The maximum absolute atomic E-state index is 6.56. The first-order valence-corrected chi connectivity index (χ1v) is 13.8. The predicted octanol–water partition coefficient (Wildman–Crippen LogP) is 5.03. The fourth-order valence-electron chi connectivity index (χ4n) is 2.30. The number of hydrogen-bond donors (Lipinski definition) is 0. The average molecular weight is 291 g/mol. The highest BCUT2D eigenvalue weighted by atomic mass is 28.4. The molecule has 4 heteroatoms. The van der Waals surface area contributed by atoms with Crippen LogP contribution in [0.25, 0.3) is 0 Å². The van der Waals surface area contributed by atoms with E-state index in [1.807, 2.05) is 0 Å². The molecular weight excluding hydrogens is 256 g/mol. The zero-order valence-corrected chi connectivity index (χ0v) is 15.5. The van der Waals surface area contributed by atoms with E-state index in [0.29, 0.717) is 0 Å². The monoisotopic (exact) mass is 290 g/mol. The Kier molecular flexibility index (Phi) is 9.47. The average Bonchev–Trinajstić information content (AvgIpc) is 2.24. The lowest BCUT2D eigenvalue weighted by Gasteiger charge is -2.34. The van der Waals surface area contributed by atoms with Gasteiger partial charge in [0.2, 0.25) is 0 Å². The summed E-state index contributed by atoms with van der Waals surface area (Å²) in [6.07, 6.45) is 4.89. The molecule has 0 rings (SSSR count). The van der Waals surface area contributed by atoms with Crippen molar-refractivity contribution in [1.82, 2.24) is 0 Å². The molecule has 0 unspecified atom stereocenters. The third-order valence-corrected chi connectivity index (χ3v) is 10.6. The Labute approximate surface area is 117 Å². The minimum absolute atomic E-state index is 0.902. The molecule has 0 N–H and O–H groups in total. The second-order valence-corrected chi connectivity index (χ2v) is 15.3. The van der Waals surface area contributed by atoms with Crippen LogP contribution in [0.15, 0.2) is 0 Å². The Morgan fingerprint density at radius 3 is 1.78 bits per heavy atom. The van der Waals surface area contributed by atoms with Crippen LogP contribution in [0.5, 0.6) is 0 Å². The van der Waals surface area contributed by atoms with Crippen LogP contribution in [-0.2, 0) is 8.85 Å². The van der Waals surface area contributed by atoms with Gasteiger partial charge in [0.15, 0.2) is 16.6 Å². The standard InChI is InChI=1S/C14H34O2Si2/c1-7-9-13-17(3,4)16-18(5,6)14-10-12-15-11-8-2/h7-14H2,1-6H3. The molecule has 0 bridgehead atoms. The summed E-state index contributed by atoms with van der Waals surface area (Å²) in [4.78, 5) is 0. The van der Waals surface area contributed by atoms with Gasteiger partial charge in [0, 0.05) is 13.2 Å². The second-order valence-electron chi connectivity index (χ2n) is 6.44. The fraction of sp³-hybridized carbons (Fsp3) is 1.00. The second kappa shape index (κ2) is 9.29. The van der Waals surface area contributed by atoms with Gasteiger partial charge in [-0.1, -0.05) is 26.7 Å². The third kappa shape index (κ3) is 10.3. The third-order valence-electron chi connectivity index (χ3n) is 3.10. The van der Waals surface area contributed by atoms with Gasteiger partial charge in [-0.25, -0.2) is 0 Å². The first-order chi connectivity index (χ1) is 8.33. The normalized spacial score (nSPS) is 13.0. The molecule has 18 heavy (non-hydrogen) atoms. The van der Waals surface area contributed by atoms with Crippen LogP contribution in [0.2, 0.25) is 38.3 Å². The zero-order valence-electron chi connectivity index (χ0n) is 13.5. The molecule has 0 atom stereocenters. The molecule has 0 aromatic rings. The first-order valence-electron chi connectivity index (χ1n) is 7.61. The molecule has 0 aliphatic heterocycles. The van der Waals surface area contributed by atoms with Gasteiger partial charge in [-0.2, -0.15) is 0 Å². The van der Waals surface area contributed by atoms with Gasteiger partial charge in [0.05, 0.1) is 0 Å². The summed E-state index contributed by atoms with van der Waals surface area (Å²) >= 11 is 0. The quantitative estimate of drug-likeness (QED) is 0.392. The molecule has 0 aliphatic carbocycles. The summed E-state index contributed by atoms with van der Waals surface area (Å²) in [7, 11) is -2.88. The molecule has 0 amide bonds. The van der Waals surface area contributed by atoms with E-state index in [1.54, 1.807) is 0 Å². The number of ether oxygens (including phenoxy) is 1. The van der Waals surface area contributed by atoms with Gasteiger partial charge < -0.3 is 8.85 Å². The highest BCUT2D eigenvalue weighted by Gasteiger charge is 2.31. The van der Waals surface area contributed by atoms with Crippen LogP contribution in [-0.4, -0.2) is 29.8 Å². The molecule has 0 aromatic heterocycles. The Hall–Kier alpha value is 0.354. The predicted molar refractivity (Wildman–Crippen MR) is 86.3 cm³/mol. The van der Waals surface area contributed by atoms with E-state index in [4.69, 9.17) is 8.85 Å². The summed E-state index contributed by atoms with van der Waals surface area (Å²) in [6.45, 7) is 15.7. The molecule has 0 saturated heterocycles. The van der Waals surface area contributed by atoms with Crippen molar-refractivity contribution in [2.24, 2.45) is 0 Å². The Morgan fingerprint density at radius 1 is 0.722 bits per heavy atom. The SMILES string of the molecule is CCCC[Si](C)(C)O[Si](C)(C)CCCOCCC. The van der Waals surface area contributed by atoms with Crippen molar-refractivity contribution in [2.75, 3.05) is 13.2 Å². The zero-order chi connectivity index (χ0) is 14.1. The summed E-state index contributed by atoms with van der Waals surface area (Å²) in [5, 5.41) is 0. The maximum Gasteiger partial charge on any atom is 0.173 e. The molecular formula is C14H34O2Si2. The molecule has 110 valence electrons. The Balaban J connectivity index is 3.89. The van der Waals surface area contributed by atoms with Crippen molar-refractivity contribution in [3.05, 3.63) is 0 Å². The van der Waals surface area contributed by atoms with E-state index in [1.165, 1.54) is 24.9 Å². The topological polar surface area (TPSA) is 18.5 Å². The van der Waals surface area contributed by atoms with E-state index in [9.17, 15) is 0 Å². The van der Waals surface area contributed by atoms with Crippen LogP contribution in [0.3, 0.4) is 0 Å². The van der Waals surface area contributed by atoms with Crippen molar-refractivity contribution >= 4 is 16.6 Å². The lowest BCUT2D eigenvalue weighted by molar-refractivity contribution is 0.135. The molecule has 0 saturated carbocycles. The van der Waals surface area contributed by atoms with Crippen LogP contribution in [0, 0.1) is 0 Å². The van der Waals surface area contributed by atoms with Crippen molar-refractivity contribution in [3.8, 4) is 0 Å². The minimum Gasteiger partial charge on any atom is -0.455 e. The number of hydrogen-bond acceptors (Lipinski definition) is 2. The van der Waals surface area contributed by atoms with Crippen LogP contribution < -0.4 is 0 Å². The molecule has 0 heterocycles. The molecule has 0 spiro atoms. The van der Waals surface area contributed by atoms with Crippen LogP contribution >= 0.6 is 0 Å². The van der Waals surface area contributed by atoms with E-state index < -0.39 is 16.6 Å². The minimum atomic E-state index is -1.47. The Bertz CT molecular complexity index is 206. The molecule has 0 radical (unpaired) electrons. The first kappa shape index (κ1) is 18.4. The van der Waals surface area contributed by atoms with Gasteiger partial charge in [0.1, 0.15) is 0 Å². The maximum atomic E-state index is 6.56. The molecule has 0 fully saturated rings. The van der Waals surface area contributed by atoms with Gasteiger partial charge in [-0.3, -0.25) is 0 Å². The highest BCUT2D eigenvalue weighted by Crippen LogP contribution is 2.24. The Morgan fingerprint density at radius 2 is 1.28 bits per heavy atom. The fourth-order valence-corrected chi connectivity index (χ4v) is 11.3. The van der Waals surface area contributed by atoms with E-state index >= 15 is 0 Å². The summed E-state index contributed by atoms with van der Waals surface area (Å²) in [6, 6.07) is 2.55. The smallest absolute Gasteiger partial charge is 0.173 e. The van der Waals surface area contributed by atoms with Crippen molar-refractivity contribution in [1.29, 1.82) is 0 Å². The largest absolute Gasteiger partial charge is 0.455 e. The summed E-state index contributed by atoms with van der Waals surface area (Å²) in [5.74, 6) is 0. The van der Waals surface area contributed by atoms with E-state index in [0.717, 1.165) is 26.1 Å². The van der Waals surface area contributed by atoms with Gasteiger partial charge in [-0.05, 0) is 51.1 Å².